The quantitative estimate of drug-likeness (QED) is 0.769. The zero-order chi connectivity index (χ0) is 16.4. The summed E-state index contributed by atoms with van der Waals surface area (Å²) in [7, 11) is 0. The van der Waals surface area contributed by atoms with E-state index in [0.717, 1.165) is 30.5 Å². The minimum atomic E-state index is -0.0876. The van der Waals surface area contributed by atoms with E-state index in [1.807, 2.05) is 36.4 Å². The van der Waals surface area contributed by atoms with E-state index in [9.17, 15) is 4.79 Å². The van der Waals surface area contributed by atoms with Crippen molar-refractivity contribution >= 4 is 16.8 Å². The van der Waals surface area contributed by atoms with Gasteiger partial charge in [-0.2, -0.15) is 0 Å². The highest BCUT2D eigenvalue weighted by Gasteiger charge is 2.25. The number of carbonyl (C=O) groups excluding carboxylic acids is 1. The number of aryl methyl sites for hydroxylation is 1. The van der Waals surface area contributed by atoms with Crippen LogP contribution in [-0.4, -0.2) is 17.5 Å². The van der Waals surface area contributed by atoms with Gasteiger partial charge in [-0.15, -0.1) is 0 Å². The van der Waals surface area contributed by atoms with Gasteiger partial charge in [0.1, 0.15) is 5.75 Å². The molecule has 1 heterocycles. The van der Waals surface area contributed by atoms with Gasteiger partial charge < -0.3 is 15.0 Å². The van der Waals surface area contributed by atoms with Gasteiger partial charge in [-0.25, -0.2) is 0 Å². The van der Waals surface area contributed by atoms with Crippen molar-refractivity contribution < 1.29 is 9.53 Å². The summed E-state index contributed by atoms with van der Waals surface area (Å²) < 4.78 is 5.53. The number of benzene rings is 2. The van der Waals surface area contributed by atoms with E-state index in [4.69, 9.17) is 4.74 Å². The standard InChI is InChI=1S/C20H20N2O2/c23-19(13-24-14-7-2-1-3-8-14)21-18-12-6-10-16-15-9-4-5-11-17(15)22-20(16)18/h1-5,7-9,11,18,22H,6,10,12-13H2,(H,21,23). The number of ether oxygens (including phenoxy) is 1. The molecule has 4 heteroatoms. The number of carbonyl (C=O) groups is 1. The molecule has 1 amide bonds. The Kier molecular flexibility index (Phi) is 3.95. The van der Waals surface area contributed by atoms with Gasteiger partial charge in [-0.3, -0.25) is 4.79 Å². The minimum absolute atomic E-state index is 0.0352. The molecule has 4 rings (SSSR count). The fraction of sp³-hybridized carbons (Fsp3) is 0.250. The molecule has 0 bridgehead atoms. The molecular weight excluding hydrogens is 300 g/mol. The highest BCUT2D eigenvalue weighted by molar-refractivity contribution is 5.85. The topological polar surface area (TPSA) is 54.1 Å². The van der Waals surface area contributed by atoms with Crippen molar-refractivity contribution in [1.29, 1.82) is 0 Å². The van der Waals surface area contributed by atoms with Crippen molar-refractivity contribution in [3.05, 3.63) is 65.9 Å². The van der Waals surface area contributed by atoms with E-state index in [1.54, 1.807) is 0 Å². The molecule has 4 nitrogen and oxygen atoms in total. The average Bonchev–Trinajstić information content (AvgIpc) is 3.01. The molecule has 1 unspecified atom stereocenters. The van der Waals surface area contributed by atoms with Crippen molar-refractivity contribution in [2.75, 3.05) is 6.61 Å². The van der Waals surface area contributed by atoms with Gasteiger partial charge in [0.2, 0.25) is 0 Å². The van der Waals surface area contributed by atoms with Gasteiger partial charge >= 0.3 is 0 Å². The predicted octanol–water partition coefficient (Wildman–Crippen LogP) is 3.74. The molecule has 0 fully saturated rings. The number of aromatic nitrogens is 1. The normalized spacial score (nSPS) is 16.6. The highest BCUT2D eigenvalue weighted by Crippen LogP contribution is 2.34. The van der Waals surface area contributed by atoms with E-state index in [0.29, 0.717) is 5.75 Å². The highest BCUT2D eigenvalue weighted by atomic mass is 16.5. The average molecular weight is 320 g/mol. The fourth-order valence-corrected chi connectivity index (χ4v) is 3.46. The van der Waals surface area contributed by atoms with Crippen molar-refractivity contribution in [1.82, 2.24) is 10.3 Å². The maximum Gasteiger partial charge on any atom is 0.258 e. The first-order valence-electron chi connectivity index (χ1n) is 8.38. The summed E-state index contributed by atoms with van der Waals surface area (Å²) in [6, 6.07) is 17.8. The molecule has 2 aromatic carbocycles. The minimum Gasteiger partial charge on any atom is -0.484 e. The second-order valence-corrected chi connectivity index (χ2v) is 6.18. The number of H-pyrrole nitrogens is 1. The van der Waals surface area contributed by atoms with Crippen LogP contribution in [-0.2, 0) is 11.2 Å². The molecule has 3 aromatic rings. The molecule has 0 saturated heterocycles. The van der Waals surface area contributed by atoms with E-state index >= 15 is 0 Å². The lowest BCUT2D eigenvalue weighted by atomic mass is 9.91. The number of rotatable bonds is 4. The fourth-order valence-electron chi connectivity index (χ4n) is 3.46. The Bertz CT molecular complexity index is 854. The third kappa shape index (κ3) is 2.87. The molecule has 1 aliphatic rings. The first-order valence-corrected chi connectivity index (χ1v) is 8.38. The van der Waals surface area contributed by atoms with Gasteiger partial charge in [-0.1, -0.05) is 36.4 Å². The maximum absolute atomic E-state index is 12.3. The molecule has 0 radical (unpaired) electrons. The summed E-state index contributed by atoms with van der Waals surface area (Å²) in [6.07, 6.45) is 3.10. The van der Waals surface area contributed by atoms with Crippen molar-refractivity contribution in [3.63, 3.8) is 0 Å². The molecule has 1 atom stereocenters. The molecule has 24 heavy (non-hydrogen) atoms. The Hall–Kier alpha value is -2.75. The third-order valence-corrected chi connectivity index (χ3v) is 4.56. The molecule has 0 saturated carbocycles. The largest absolute Gasteiger partial charge is 0.484 e. The smallest absolute Gasteiger partial charge is 0.258 e. The van der Waals surface area contributed by atoms with Crippen LogP contribution in [0.15, 0.2) is 54.6 Å². The van der Waals surface area contributed by atoms with Crippen LogP contribution in [0.5, 0.6) is 5.75 Å². The third-order valence-electron chi connectivity index (χ3n) is 4.56. The first-order chi connectivity index (χ1) is 11.8. The Morgan fingerprint density at radius 1 is 1.12 bits per heavy atom. The number of para-hydroxylation sites is 2. The number of nitrogens with one attached hydrogen (secondary N) is 2. The Balaban J connectivity index is 1.47. The molecule has 0 spiro atoms. The van der Waals surface area contributed by atoms with Gasteiger partial charge in [-0.05, 0) is 43.0 Å². The van der Waals surface area contributed by atoms with Crippen LogP contribution < -0.4 is 10.1 Å². The number of aromatic amines is 1. The molecule has 122 valence electrons. The summed E-state index contributed by atoms with van der Waals surface area (Å²) in [4.78, 5) is 15.7. The van der Waals surface area contributed by atoms with Crippen LogP contribution >= 0.6 is 0 Å². The lowest BCUT2D eigenvalue weighted by Gasteiger charge is -2.23. The summed E-state index contributed by atoms with van der Waals surface area (Å²) >= 11 is 0. The van der Waals surface area contributed by atoms with E-state index < -0.39 is 0 Å². The number of amides is 1. The van der Waals surface area contributed by atoms with Crippen LogP contribution in [0.2, 0.25) is 0 Å². The monoisotopic (exact) mass is 320 g/mol. The van der Waals surface area contributed by atoms with Gasteiger partial charge in [0.15, 0.2) is 6.61 Å². The summed E-state index contributed by atoms with van der Waals surface area (Å²) in [5, 5.41) is 4.38. The zero-order valence-electron chi connectivity index (χ0n) is 13.4. The summed E-state index contributed by atoms with van der Waals surface area (Å²) in [5.74, 6) is 0.623. The maximum atomic E-state index is 12.3. The Morgan fingerprint density at radius 3 is 2.79 bits per heavy atom. The van der Waals surface area contributed by atoms with E-state index in [1.165, 1.54) is 10.9 Å². The Labute approximate surface area is 140 Å². The molecular formula is C20H20N2O2. The van der Waals surface area contributed by atoms with Gasteiger partial charge in [0.05, 0.1) is 6.04 Å². The van der Waals surface area contributed by atoms with Gasteiger partial charge in [0, 0.05) is 16.6 Å². The lowest BCUT2D eigenvalue weighted by Crippen LogP contribution is -2.34. The molecule has 0 aliphatic heterocycles. The van der Waals surface area contributed by atoms with Crippen LogP contribution in [0.25, 0.3) is 10.9 Å². The van der Waals surface area contributed by atoms with E-state index in [-0.39, 0.29) is 18.6 Å². The number of hydrogen-bond donors (Lipinski definition) is 2. The van der Waals surface area contributed by atoms with E-state index in [2.05, 4.69) is 28.5 Å². The van der Waals surface area contributed by atoms with Crippen LogP contribution in [0.4, 0.5) is 0 Å². The van der Waals surface area contributed by atoms with Crippen molar-refractivity contribution in [2.45, 2.75) is 25.3 Å². The SMILES string of the molecule is O=C(COc1ccccc1)NC1CCCc2c1[nH]c1ccccc21. The molecule has 1 aromatic heterocycles. The lowest BCUT2D eigenvalue weighted by molar-refractivity contribution is -0.124. The van der Waals surface area contributed by atoms with Gasteiger partial charge in [0.25, 0.3) is 5.91 Å². The van der Waals surface area contributed by atoms with Crippen LogP contribution in [0.3, 0.4) is 0 Å². The molecule has 1 aliphatic carbocycles. The summed E-state index contributed by atoms with van der Waals surface area (Å²) in [6.45, 7) is 0.0378. The Morgan fingerprint density at radius 2 is 1.92 bits per heavy atom. The molecule has 2 N–H and O–H groups in total. The zero-order valence-corrected chi connectivity index (χ0v) is 13.4. The van der Waals surface area contributed by atoms with Crippen molar-refractivity contribution in [3.8, 4) is 5.75 Å². The second kappa shape index (κ2) is 6.40. The number of fused-ring (bicyclic) bond motifs is 3. The van der Waals surface area contributed by atoms with Crippen LogP contribution in [0.1, 0.15) is 30.1 Å². The second-order valence-electron chi connectivity index (χ2n) is 6.18. The predicted molar refractivity (Wildman–Crippen MR) is 94.1 cm³/mol. The first kappa shape index (κ1) is 14.8. The van der Waals surface area contributed by atoms with Crippen molar-refractivity contribution in [2.24, 2.45) is 0 Å². The van der Waals surface area contributed by atoms with Crippen LogP contribution in [0, 0.1) is 0 Å². The summed E-state index contributed by atoms with van der Waals surface area (Å²) in [5.41, 5.74) is 3.63. The number of hydrogen-bond acceptors (Lipinski definition) is 2.